The van der Waals surface area contributed by atoms with Crippen LogP contribution in [-0.2, 0) is 0 Å². The van der Waals surface area contributed by atoms with Gasteiger partial charge in [0.1, 0.15) is 0 Å². The van der Waals surface area contributed by atoms with Crippen molar-refractivity contribution in [3.05, 3.63) is 188 Å². The maximum absolute atomic E-state index is 2.36. The molecule has 2 heteroatoms. The van der Waals surface area contributed by atoms with Crippen LogP contribution in [0.2, 0.25) is 0 Å². The van der Waals surface area contributed by atoms with E-state index in [-0.39, 0.29) is 0 Å². The molecule has 48 heavy (non-hydrogen) atoms. The Balaban J connectivity index is 1.14. The maximum Gasteiger partial charge on any atom is 0.0467 e. The lowest BCUT2D eigenvalue weighted by molar-refractivity contribution is 1.28. The minimum atomic E-state index is 1.11. The van der Waals surface area contributed by atoms with Gasteiger partial charge in [-0.3, -0.25) is 0 Å². The first kappa shape index (κ1) is 28.3. The molecule has 0 aliphatic rings. The normalized spacial score (nSPS) is 11.3. The van der Waals surface area contributed by atoms with E-state index in [4.69, 9.17) is 0 Å². The molecule has 0 saturated heterocycles. The number of thiophene rings is 1. The average Bonchev–Trinajstić information content (AvgIpc) is 3.54. The van der Waals surface area contributed by atoms with Gasteiger partial charge in [0.2, 0.25) is 0 Å². The van der Waals surface area contributed by atoms with Crippen molar-refractivity contribution in [2.24, 2.45) is 0 Å². The summed E-state index contributed by atoms with van der Waals surface area (Å²) >= 11 is 1.86. The number of hydrogen-bond acceptors (Lipinski definition) is 2. The summed E-state index contributed by atoms with van der Waals surface area (Å²) in [6, 6.07) is 68.1. The van der Waals surface area contributed by atoms with Crippen LogP contribution >= 0.6 is 11.3 Å². The Bertz CT molecular complexity index is 2540. The Morgan fingerprint density at radius 3 is 1.69 bits per heavy atom. The number of rotatable bonds is 6. The van der Waals surface area contributed by atoms with E-state index in [0.29, 0.717) is 0 Å². The molecule has 1 heterocycles. The minimum Gasteiger partial charge on any atom is -0.310 e. The smallest absolute Gasteiger partial charge is 0.0467 e. The fourth-order valence-electron chi connectivity index (χ4n) is 6.88. The largest absolute Gasteiger partial charge is 0.310 e. The quantitative estimate of drug-likeness (QED) is 0.177. The monoisotopic (exact) mass is 629 g/mol. The van der Waals surface area contributed by atoms with Crippen LogP contribution in [0.25, 0.3) is 64.3 Å². The van der Waals surface area contributed by atoms with Crippen molar-refractivity contribution in [3.63, 3.8) is 0 Å². The molecule has 9 rings (SSSR count). The molecule has 226 valence electrons. The molecule has 0 radical (unpaired) electrons. The highest BCUT2D eigenvalue weighted by atomic mass is 32.1. The van der Waals surface area contributed by atoms with Gasteiger partial charge in [-0.05, 0) is 92.7 Å². The van der Waals surface area contributed by atoms with Crippen molar-refractivity contribution in [3.8, 4) is 33.4 Å². The zero-order valence-corrected chi connectivity index (χ0v) is 27.1. The molecule has 0 spiro atoms. The van der Waals surface area contributed by atoms with Crippen molar-refractivity contribution in [1.29, 1.82) is 0 Å². The van der Waals surface area contributed by atoms with E-state index >= 15 is 0 Å². The first-order chi connectivity index (χ1) is 23.8. The van der Waals surface area contributed by atoms with Gasteiger partial charge in [-0.15, -0.1) is 11.3 Å². The highest BCUT2D eigenvalue weighted by Crippen LogP contribution is 2.40. The zero-order valence-electron chi connectivity index (χ0n) is 26.3. The lowest BCUT2D eigenvalue weighted by Gasteiger charge is -2.26. The fraction of sp³-hybridized carbons (Fsp3) is 0. The molecule has 0 aliphatic carbocycles. The van der Waals surface area contributed by atoms with Gasteiger partial charge < -0.3 is 4.90 Å². The Morgan fingerprint density at radius 2 is 0.875 bits per heavy atom. The molecular weight excluding hydrogens is 599 g/mol. The Labute approximate surface area is 284 Å². The van der Waals surface area contributed by atoms with Gasteiger partial charge in [0.25, 0.3) is 0 Å². The molecule has 0 aliphatic heterocycles. The zero-order chi connectivity index (χ0) is 31.9. The SMILES string of the molecule is c1ccc(-c2ccc(N(c3ccc(-c4cccc5ccccc45)cc3)c3cccc(-c4ccc5c(c4)sc4ccccc45)c3)cc2)cc1. The first-order valence-corrected chi connectivity index (χ1v) is 17.2. The highest BCUT2D eigenvalue weighted by Gasteiger charge is 2.15. The maximum atomic E-state index is 2.36. The van der Waals surface area contributed by atoms with Crippen LogP contribution in [-0.4, -0.2) is 0 Å². The third kappa shape index (κ3) is 5.13. The van der Waals surface area contributed by atoms with Crippen LogP contribution in [0.4, 0.5) is 17.1 Å². The van der Waals surface area contributed by atoms with Gasteiger partial charge in [-0.25, -0.2) is 0 Å². The molecular formula is C46H31NS. The molecule has 1 aromatic heterocycles. The van der Waals surface area contributed by atoms with E-state index in [2.05, 4.69) is 193 Å². The molecule has 0 fully saturated rings. The van der Waals surface area contributed by atoms with E-state index in [1.807, 2.05) is 11.3 Å². The van der Waals surface area contributed by atoms with Crippen molar-refractivity contribution >= 4 is 59.3 Å². The second kappa shape index (κ2) is 12.0. The van der Waals surface area contributed by atoms with Gasteiger partial charge in [-0.2, -0.15) is 0 Å². The highest BCUT2D eigenvalue weighted by molar-refractivity contribution is 7.25. The predicted molar refractivity (Wildman–Crippen MR) is 208 cm³/mol. The predicted octanol–water partition coefficient (Wildman–Crippen LogP) is 13.7. The lowest BCUT2D eigenvalue weighted by Crippen LogP contribution is -2.10. The molecule has 9 aromatic rings. The molecule has 0 N–H and O–H groups in total. The van der Waals surface area contributed by atoms with E-state index in [1.165, 1.54) is 64.3 Å². The van der Waals surface area contributed by atoms with E-state index in [0.717, 1.165) is 17.1 Å². The summed E-state index contributed by atoms with van der Waals surface area (Å²) in [6.45, 7) is 0. The summed E-state index contributed by atoms with van der Waals surface area (Å²) in [5.41, 5.74) is 10.6. The van der Waals surface area contributed by atoms with Crippen LogP contribution in [0.3, 0.4) is 0 Å². The second-order valence-corrected chi connectivity index (χ2v) is 13.3. The average molecular weight is 630 g/mol. The number of anilines is 3. The molecule has 1 nitrogen and oxygen atoms in total. The molecule has 0 amide bonds. The summed E-state index contributed by atoms with van der Waals surface area (Å²) in [4.78, 5) is 2.36. The van der Waals surface area contributed by atoms with Gasteiger partial charge in [0, 0.05) is 37.2 Å². The summed E-state index contributed by atoms with van der Waals surface area (Å²) < 4.78 is 2.65. The first-order valence-electron chi connectivity index (χ1n) is 16.3. The summed E-state index contributed by atoms with van der Waals surface area (Å²) in [7, 11) is 0. The van der Waals surface area contributed by atoms with Gasteiger partial charge in [-0.1, -0.05) is 140 Å². The third-order valence-electron chi connectivity index (χ3n) is 9.28. The minimum absolute atomic E-state index is 1.11. The van der Waals surface area contributed by atoms with Gasteiger partial charge in [0.15, 0.2) is 0 Å². The van der Waals surface area contributed by atoms with Crippen LogP contribution in [0.15, 0.2) is 188 Å². The van der Waals surface area contributed by atoms with Crippen LogP contribution in [0.1, 0.15) is 0 Å². The summed E-state index contributed by atoms with van der Waals surface area (Å²) in [5.74, 6) is 0. The summed E-state index contributed by atoms with van der Waals surface area (Å²) in [5, 5.41) is 5.17. The third-order valence-corrected chi connectivity index (χ3v) is 10.4. The van der Waals surface area contributed by atoms with Crippen LogP contribution < -0.4 is 4.90 Å². The Morgan fingerprint density at radius 1 is 0.312 bits per heavy atom. The molecule has 0 atom stereocenters. The van der Waals surface area contributed by atoms with E-state index < -0.39 is 0 Å². The molecule has 0 saturated carbocycles. The van der Waals surface area contributed by atoms with Gasteiger partial charge >= 0.3 is 0 Å². The van der Waals surface area contributed by atoms with Crippen molar-refractivity contribution in [2.75, 3.05) is 4.90 Å². The van der Waals surface area contributed by atoms with Crippen LogP contribution in [0.5, 0.6) is 0 Å². The number of benzene rings is 8. The van der Waals surface area contributed by atoms with E-state index in [1.54, 1.807) is 0 Å². The Hall–Kier alpha value is -5.96. The Kier molecular flexibility index (Phi) is 7.07. The lowest BCUT2D eigenvalue weighted by atomic mass is 9.98. The molecule has 8 aromatic carbocycles. The molecule has 0 unspecified atom stereocenters. The van der Waals surface area contributed by atoms with Crippen LogP contribution in [0, 0.1) is 0 Å². The standard InChI is InChI=1S/C46H31NS/c1-2-10-32(11-3-1)33-20-25-38(26-21-33)47(39-27-22-35(23-28-39)42-18-9-13-34-12-4-5-16-41(34)42)40-15-8-14-36(30-40)37-24-29-44-43-17-6-7-19-45(43)48-46(44)31-37/h1-31H. The second-order valence-electron chi connectivity index (χ2n) is 12.2. The fourth-order valence-corrected chi connectivity index (χ4v) is 8.02. The van der Waals surface area contributed by atoms with E-state index in [9.17, 15) is 0 Å². The molecule has 0 bridgehead atoms. The van der Waals surface area contributed by atoms with Crippen molar-refractivity contribution in [2.45, 2.75) is 0 Å². The summed E-state index contributed by atoms with van der Waals surface area (Å²) in [6.07, 6.45) is 0. The topological polar surface area (TPSA) is 3.24 Å². The van der Waals surface area contributed by atoms with Crippen molar-refractivity contribution < 1.29 is 0 Å². The van der Waals surface area contributed by atoms with Gasteiger partial charge in [0.05, 0.1) is 0 Å². The number of nitrogens with zero attached hydrogens (tertiary/aromatic N) is 1. The number of fused-ring (bicyclic) bond motifs is 4. The number of hydrogen-bond donors (Lipinski definition) is 0. The van der Waals surface area contributed by atoms with Crippen molar-refractivity contribution in [1.82, 2.24) is 0 Å².